The van der Waals surface area contributed by atoms with Gasteiger partial charge in [-0.3, -0.25) is 9.59 Å². The van der Waals surface area contributed by atoms with E-state index < -0.39 is 0 Å². The SMILES string of the molecule is CC(=O)SCC(=O)N1CCN(c2nc3ccc(Br)cc3s2)CC1. The van der Waals surface area contributed by atoms with Gasteiger partial charge in [0, 0.05) is 37.6 Å². The number of carbonyl (C=O) groups excluding carboxylic acids is 2. The molecular formula is C15H16BrN3O2S2. The van der Waals surface area contributed by atoms with Gasteiger partial charge in [-0.15, -0.1) is 0 Å². The molecule has 2 heterocycles. The van der Waals surface area contributed by atoms with E-state index in [-0.39, 0.29) is 16.8 Å². The summed E-state index contributed by atoms with van der Waals surface area (Å²) in [5.74, 6) is 0.280. The summed E-state index contributed by atoms with van der Waals surface area (Å²) < 4.78 is 2.21. The first kappa shape index (κ1) is 16.7. The van der Waals surface area contributed by atoms with Crippen molar-refractivity contribution in [3.8, 4) is 0 Å². The van der Waals surface area contributed by atoms with Crippen LogP contribution in [0.1, 0.15) is 6.92 Å². The topological polar surface area (TPSA) is 53.5 Å². The predicted octanol–water partition coefficient (Wildman–Crippen LogP) is 2.99. The van der Waals surface area contributed by atoms with Crippen molar-refractivity contribution >= 4 is 65.4 Å². The third-order valence-electron chi connectivity index (χ3n) is 3.64. The third kappa shape index (κ3) is 4.05. The lowest BCUT2D eigenvalue weighted by molar-refractivity contribution is -0.128. The summed E-state index contributed by atoms with van der Waals surface area (Å²) in [6, 6.07) is 6.09. The normalized spacial score (nSPS) is 15.2. The van der Waals surface area contributed by atoms with E-state index in [1.54, 1.807) is 11.3 Å². The summed E-state index contributed by atoms with van der Waals surface area (Å²) in [4.78, 5) is 31.7. The molecule has 23 heavy (non-hydrogen) atoms. The average Bonchev–Trinajstić information content (AvgIpc) is 2.95. The zero-order valence-electron chi connectivity index (χ0n) is 12.6. The summed E-state index contributed by atoms with van der Waals surface area (Å²) in [7, 11) is 0. The van der Waals surface area contributed by atoms with E-state index in [0.29, 0.717) is 13.1 Å². The Morgan fingerprint density at radius 2 is 2.04 bits per heavy atom. The van der Waals surface area contributed by atoms with Crippen LogP contribution < -0.4 is 4.90 Å². The van der Waals surface area contributed by atoms with Crippen molar-refractivity contribution in [2.24, 2.45) is 0 Å². The van der Waals surface area contributed by atoms with Gasteiger partial charge in [0.05, 0.1) is 16.0 Å². The molecule has 8 heteroatoms. The van der Waals surface area contributed by atoms with Gasteiger partial charge in [-0.2, -0.15) is 0 Å². The lowest BCUT2D eigenvalue weighted by atomic mass is 10.3. The first-order valence-electron chi connectivity index (χ1n) is 7.25. The average molecular weight is 414 g/mol. The molecule has 1 aliphatic heterocycles. The van der Waals surface area contributed by atoms with Crippen molar-refractivity contribution in [2.45, 2.75) is 6.92 Å². The minimum atomic E-state index is -0.0161. The largest absolute Gasteiger partial charge is 0.345 e. The van der Waals surface area contributed by atoms with E-state index in [9.17, 15) is 9.59 Å². The Labute approximate surface area is 151 Å². The predicted molar refractivity (Wildman–Crippen MR) is 99.3 cm³/mol. The molecule has 1 saturated heterocycles. The number of amides is 1. The molecule has 0 saturated carbocycles. The Bertz CT molecular complexity index is 741. The van der Waals surface area contributed by atoms with E-state index in [4.69, 9.17) is 0 Å². The molecule has 0 aliphatic carbocycles. The van der Waals surface area contributed by atoms with E-state index in [1.165, 1.54) is 6.92 Å². The summed E-state index contributed by atoms with van der Waals surface area (Å²) in [6.45, 7) is 4.39. The molecule has 0 atom stereocenters. The molecule has 1 aromatic heterocycles. The third-order valence-corrected chi connectivity index (χ3v) is 6.01. The number of rotatable bonds is 3. The molecule has 0 spiro atoms. The summed E-state index contributed by atoms with van der Waals surface area (Å²) in [6.07, 6.45) is 0. The zero-order valence-corrected chi connectivity index (χ0v) is 15.8. The minimum Gasteiger partial charge on any atom is -0.345 e. The van der Waals surface area contributed by atoms with Gasteiger partial charge in [0.1, 0.15) is 0 Å². The second kappa shape index (κ2) is 7.19. The Hall–Kier alpha value is -1.12. The van der Waals surface area contributed by atoms with E-state index in [2.05, 4.69) is 31.9 Å². The number of hydrogen-bond acceptors (Lipinski definition) is 6. The van der Waals surface area contributed by atoms with E-state index in [0.717, 1.165) is 44.7 Å². The number of fused-ring (bicyclic) bond motifs is 1. The van der Waals surface area contributed by atoms with Gasteiger partial charge < -0.3 is 9.80 Å². The van der Waals surface area contributed by atoms with Crippen LogP contribution >= 0.6 is 39.0 Å². The molecule has 5 nitrogen and oxygen atoms in total. The molecule has 3 rings (SSSR count). The highest BCUT2D eigenvalue weighted by molar-refractivity contribution is 9.10. The minimum absolute atomic E-state index is 0.0161. The van der Waals surface area contributed by atoms with Crippen molar-refractivity contribution in [3.05, 3.63) is 22.7 Å². The van der Waals surface area contributed by atoms with E-state index >= 15 is 0 Å². The van der Waals surface area contributed by atoms with Crippen LogP contribution in [0.25, 0.3) is 10.2 Å². The fourth-order valence-corrected chi connectivity index (χ4v) is 4.50. The number of halogens is 1. The molecule has 1 amide bonds. The highest BCUT2D eigenvalue weighted by Gasteiger charge is 2.23. The first-order valence-corrected chi connectivity index (χ1v) is 9.84. The van der Waals surface area contributed by atoms with Crippen LogP contribution in [0.4, 0.5) is 5.13 Å². The number of thiazole rings is 1. The van der Waals surface area contributed by atoms with Crippen LogP contribution in [0.2, 0.25) is 0 Å². The Morgan fingerprint density at radius 3 is 2.74 bits per heavy atom. The lowest BCUT2D eigenvalue weighted by Crippen LogP contribution is -2.49. The molecule has 1 aliphatic rings. The van der Waals surface area contributed by atoms with Crippen LogP contribution in [0, 0.1) is 0 Å². The Kier molecular flexibility index (Phi) is 5.23. The Balaban J connectivity index is 1.61. The van der Waals surface area contributed by atoms with Gasteiger partial charge in [-0.25, -0.2) is 4.98 Å². The summed E-state index contributed by atoms with van der Waals surface area (Å²) in [5, 5.41) is 0.987. The van der Waals surface area contributed by atoms with Gasteiger partial charge in [0.15, 0.2) is 10.2 Å². The zero-order chi connectivity index (χ0) is 16.4. The van der Waals surface area contributed by atoms with Crippen molar-refractivity contribution in [2.75, 3.05) is 36.8 Å². The fourth-order valence-electron chi connectivity index (χ4n) is 2.42. The smallest absolute Gasteiger partial charge is 0.233 e. The van der Waals surface area contributed by atoms with Crippen LogP contribution in [-0.2, 0) is 9.59 Å². The molecule has 0 unspecified atom stereocenters. The summed E-state index contributed by atoms with van der Waals surface area (Å²) in [5.41, 5.74) is 1.00. The number of nitrogens with zero attached hydrogens (tertiary/aromatic N) is 3. The molecular weight excluding hydrogens is 398 g/mol. The molecule has 2 aromatic rings. The van der Waals surface area contributed by atoms with Crippen LogP contribution in [-0.4, -0.2) is 52.8 Å². The van der Waals surface area contributed by atoms with Gasteiger partial charge in [-0.1, -0.05) is 39.0 Å². The van der Waals surface area contributed by atoms with Crippen molar-refractivity contribution < 1.29 is 9.59 Å². The maximum Gasteiger partial charge on any atom is 0.233 e. The maximum atomic E-state index is 12.0. The number of benzene rings is 1. The molecule has 0 N–H and O–H groups in total. The number of anilines is 1. The Morgan fingerprint density at radius 1 is 1.30 bits per heavy atom. The van der Waals surface area contributed by atoms with Crippen LogP contribution in [0.5, 0.6) is 0 Å². The monoisotopic (exact) mass is 413 g/mol. The maximum absolute atomic E-state index is 12.0. The standard InChI is InChI=1S/C15H16BrN3O2S2/c1-10(20)22-9-14(21)18-4-6-19(7-5-18)15-17-12-3-2-11(16)8-13(12)23-15/h2-3,8H,4-7,9H2,1H3. The quantitative estimate of drug-likeness (QED) is 0.773. The summed E-state index contributed by atoms with van der Waals surface area (Å²) >= 11 is 6.23. The second-order valence-corrected chi connectivity index (χ2v) is 8.33. The van der Waals surface area contributed by atoms with Crippen LogP contribution in [0.15, 0.2) is 22.7 Å². The van der Waals surface area contributed by atoms with Gasteiger partial charge in [-0.05, 0) is 18.2 Å². The van der Waals surface area contributed by atoms with Gasteiger partial charge >= 0.3 is 0 Å². The van der Waals surface area contributed by atoms with Crippen molar-refractivity contribution in [1.82, 2.24) is 9.88 Å². The number of carbonyl (C=O) groups is 2. The highest BCUT2D eigenvalue weighted by Crippen LogP contribution is 2.31. The van der Waals surface area contributed by atoms with E-state index in [1.807, 2.05) is 17.0 Å². The van der Waals surface area contributed by atoms with Crippen molar-refractivity contribution in [1.29, 1.82) is 0 Å². The number of piperazine rings is 1. The van der Waals surface area contributed by atoms with Gasteiger partial charge in [0.2, 0.25) is 5.91 Å². The van der Waals surface area contributed by atoms with Crippen LogP contribution in [0.3, 0.4) is 0 Å². The van der Waals surface area contributed by atoms with Gasteiger partial charge in [0.25, 0.3) is 0 Å². The number of hydrogen-bond donors (Lipinski definition) is 0. The second-order valence-electron chi connectivity index (χ2n) is 5.26. The molecule has 0 bridgehead atoms. The molecule has 0 radical (unpaired) electrons. The first-order chi connectivity index (χ1) is 11.0. The molecule has 122 valence electrons. The molecule has 1 fully saturated rings. The lowest BCUT2D eigenvalue weighted by Gasteiger charge is -2.34. The molecule has 1 aromatic carbocycles. The fraction of sp³-hybridized carbons (Fsp3) is 0.400. The number of aromatic nitrogens is 1. The van der Waals surface area contributed by atoms with Crippen molar-refractivity contribution in [3.63, 3.8) is 0 Å². The number of thioether (sulfide) groups is 1. The highest BCUT2D eigenvalue weighted by atomic mass is 79.9.